The highest BCUT2D eigenvalue weighted by Gasteiger charge is 2.24. The van der Waals surface area contributed by atoms with E-state index >= 15 is 0 Å². The van der Waals surface area contributed by atoms with Crippen LogP contribution in [0.3, 0.4) is 0 Å². The van der Waals surface area contributed by atoms with Crippen molar-refractivity contribution in [3.8, 4) is 0 Å². The summed E-state index contributed by atoms with van der Waals surface area (Å²) in [6.07, 6.45) is 6.08. The van der Waals surface area contributed by atoms with Gasteiger partial charge in [0.1, 0.15) is 0 Å². The number of aromatic nitrogens is 1. The van der Waals surface area contributed by atoms with Crippen molar-refractivity contribution < 1.29 is 9.90 Å². The number of aliphatic hydroxyl groups excluding tert-OH is 1. The zero-order chi connectivity index (χ0) is 18.3. The van der Waals surface area contributed by atoms with Crippen LogP contribution in [0.1, 0.15) is 39.2 Å². The van der Waals surface area contributed by atoms with Gasteiger partial charge in [0.25, 0.3) is 0 Å². The minimum Gasteiger partial charge on any atom is -0.391 e. The summed E-state index contributed by atoms with van der Waals surface area (Å²) >= 11 is 0. The van der Waals surface area contributed by atoms with E-state index in [1.54, 1.807) is 0 Å². The number of rotatable bonds is 6. The van der Waals surface area contributed by atoms with Crippen LogP contribution >= 0.6 is 0 Å². The van der Waals surface area contributed by atoms with Crippen molar-refractivity contribution in [3.63, 3.8) is 0 Å². The van der Waals surface area contributed by atoms with Crippen molar-refractivity contribution in [2.24, 2.45) is 5.41 Å². The van der Waals surface area contributed by atoms with E-state index in [1.165, 1.54) is 5.56 Å². The topological polar surface area (TPSA) is 77.5 Å². The monoisotopic (exact) mass is 348 g/mol. The van der Waals surface area contributed by atoms with Gasteiger partial charge in [-0.05, 0) is 42.4 Å². The largest absolute Gasteiger partial charge is 0.391 e. The molecule has 0 radical (unpaired) electrons. The van der Waals surface area contributed by atoms with Crippen molar-refractivity contribution in [3.05, 3.63) is 30.1 Å². The Bertz CT molecular complexity index is 522. The molecule has 6 heteroatoms. The number of hydrogen-bond acceptors (Lipinski definition) is 4. The van der Waals surface area contributed by atoms with Crippen LogP contribution in [0.25, 0.3) is 0 Å². The van der Waals surface area contributed by atoms with Crippen molar-refractivity contribution in [1.29, 1.82) is 0 Å². The fraction of sp³-hybridized carbons (Fsp3) is 0.684. The van der Waals surface area contributed by atoms with Gasteiger partial charge in [-0.15, -0.1) is 0 Å². The van der Waals surface area contributed by atoms with Crippen LogP contribution in [0.15, 0.2) is 24.5 Å². The van der Waals surface area contributed by atoms with Crippen LogP contribution in [-0.4, -0.2) is 59.3 Å². The molecule has 1 aromatic heterocycles. The van der Waals surface area contributed by atoms with Crippen molar-refractivity contribution >= 4 is 6.03 Å². The van der Waals surface area contributed by atoms with Crippen molar-refractivity contribution in [1.82, 2.24) is 20.5 Å². The summed E-state index contributed by atoms with van der Waals surface area (Å²) in [6.45, 7) is 9.19. The van der Waals surface area contributed by atoms with Crippen LogP contribution in [0.4, 0.5) is 4.79 Å². The first-order chi connectivity index (χ1) is 11.8. The Labute approximate surface area is 151 Å². The summed E-state index contributed by atoms with van der Waals surface area (Å²) in [5.74, 6) is 0. The number of nitrogens with zero attached hydrogens (tertiary/aromatic N) is 2. The molecule has 0 bridgehead atoms. The van der Waals surface area contributed by atoms with Gasteiger partial charge in [-0.2, -0.15) is 0 Å². The van der Waals surface area contributed by atoms with Crippen molar-refractivity contribution in [2.75, 3.05) is 26.2 Å². The molecule has 0 aliphatic carbocycles. The van der Waals surface area contributed by atoms with Gasteiger partial charge in [-0.1, -0.05) is 20.8 Å². The van der Waals surface area contributed by atoms with E-state index in [9.17, 15) is 9.90 Å². The van der Waals surface area contributed by atoms with E-state index in [1.807, 2.05) is 33.2 Å². The maximum Gasteiger partial charge on any atom is 0.315 e. The van der Waals surface area contributed by atoms with Gasteiger partial charge in [0.2, 0.25) is 0 Å². The highest BCUT2D eigenvalue weighted by atomic mass is 16.3. The predicted octanol–water partition coefficient (Wildman–Crippen LogP) is 1.79. The van der Waals surface area contributed by atoms with Gasteiger partial charge < -0.3 is 20.6 Å². The summed E-state index contributed by atoms with van der Waals surface area (Å²) in [7, 11) is 0. The molecular weight excluding hydrogens is 316 g/mol. The van der Waals surface area contributed by atoms with Crippen molar-refractivity contribution in [2.45, 2.75) is 52.2 Å². The first-order valence-corrected chi connectivity index (χ1v) is 9.18. The first-order valence-electron chi connectivity index (χ1n) is 9.18. The number of likely N-dealkylation sites (tertiary alicyclic amines) is 1. The average Bonchev–Trinajstić information content (AvgIpc) is 2.59. The van der Waals surface area contributed by atoms with E-state index in [-0.39, 0.29) is 24.0 Å². The highest BCUT2D eigenvalue weighted by molar-refractivity contribution is 5.74. The maximum absolute atomic E-state index is 12.0. The molecule has 2 rings (SSSR count). The smallest absolute Gasteiger partial charge is 0.315 e. The lowest BCUT2D eigenvalue weighted by Gasteiger charge is -2.32. The normalized spacial score (nSPS) is 17.9. The zero-order valence-electron chi connectivity index (χ0n) is 15.7. The van der Waals surface area contributed by atoms with E-state index in [2.05, 4.69) is 32.7 Å². The third kappa shape index (κ3) is 7.00. The summed E-state index contributed by atoms with van der Waals surface area (Å²) in [4.78, 5) is 18.5. The number of aliphatic hydroxyl groups is 1. The summed E-state index contributed by atoms with van der Waals surface area (Å²) < 4.78 is 0. The molecule has 0 spiro atoms. The van der Waals surface area contributed by atoms with Gasteiger partial charge in [0.15, 0.2) is 0 Å². The number of pyridine rings is 1. The molecule has 6 nitrogen and oxygen atoms in total. The van der Waals surface area contributed by atoms with Gasteiger partial charge in [0.05, 0.1) is 6.10 Å². The maximum atomic E-state index is 12.0. The minimum absolute atomic E-state index is 0.182. The molecule has 0 aromatic carbocycles. The number of urea groups is 1. The Morgan fingerprint density at radius 2 is 1.96 bits per heavy atom. The summed E-state index contributed by atoms with van der Waals surface area (Å²) in [5.41, 5.74) is 1.08. The number of hydrogen-bond donors (Lipinski definition) is 3. The molecule has 1 atom stereocenters. The van der Waals surface area contributed by atoms with Gasteiger partial charge in [-0.25, -0.2) is 4.79 Å². The number of carbonyl (C=O) groups is 1. The molecule has 1 saturated heterocycles. The quantitative estimate of drug-likeness (QED) is 0.732. The molecule has 140 valence electrons. The lowest BCUT2D eigenvalue weighted by molar-refractivity contribution is 0.0647. The average molecular weight is 348 g/mol. The lowest BCUT2D eigenvalue weighted by atomic mass is 9.89. The summed E-state index contributed by atoms with van der Waals surface area (Å²) in [5, 5.41) is 15.8. The van der Waals surface area contributed by atoms with E-state index < -0.39 is 6.10 Å². The van der Waals surface area contributed by atoms with Gasteiger partial charge >= 0.3 is 6.03 Å². The SMILES string of the molecule is CC(C)(C)C(O)CNC(=O)NC1CCN(CCc2ccncc2)CC1. The molecule has 1 fully saturated rings. The van der Waals surface area contributed by atoms with Crippen LogP contribution in [0, 0.1) is 5.41 Å². The molecule has 1 unspecified atom stereocenters. The number of piperidine rings is 1. The third-order valence-corrected chi connectivity index (χ3v) is 4.84. The molecule has 25 heavy (non-hydrogen) atoms. The minimum atomic E-state index is -0.548. The third-order valence-electron chi connectivity index (χ3n) is 4.84. The van der Waals surface area contributed by atoms with Crippen LogP contribution in [0.2, 0.25) is 0 Å². The second kappa shape index (κ2) is 9.15. The second-order valence-electron chi connectivity index (χ2n) is 7.96. The number of amides is 2. The molecule has 3 N–H and O–H groups in total. The Morgan fingerprint density at radius 1 is 1.32 bits per heavy atom. The summed E-state index contributed by atoms with van der Waals surface area (Å²) in [6, 6.07) is 4.15. The molecule has 1 aliphatic rings. The predicted molar refractivity (Wildman–Crippen MR) is 99.4 cm³/mol. The first kappa shape index (κ1) is 19.7. The Kier molecular flexibility index (Phi) is 7.20. The Hall–Kier alpha value is -1.66. The highest BCUT2D eigenvalue weighted by Crippen LogP contribution is 2.18. The Morgan fingerprint density at radius 3 is 2.56 bits per heavy atom. The fourth-order valence-electron chi connectivity index (χ4n) is 2.87. The zero-order valence-corrected chi connectivity index (χ0v) is 15.7. The second-order valence-corrected chi connectivity index (χ2v) is 7.96. The molecule has 2 amide bonds. The molecule has 1 aliphatic heterocycles. The van der Waals surface area contributed by atoms with Crippen LogP contribution < -0.4 is 10.6 Å². The van der Waals surface area contributed by atoms with E-state index in [0.717, 1.165) is 38.9 Å². The standard InChI is InChI=1S/C19H32N4O2/c1-19(2,3)17(24)14-21-18(25)22-16-7-12-23(13-8-16)11-6-15-4-9-20-10-5-15/h4-5,9-10,16-17,24H,6-8,11-14H2,1-3H3,(H2,21,22,25). The molecule has 2 heterocycles. The molecule has 0 saturated carbocycles. The van der Waals surface area contributed by atoms with Gasteiger partial charge in [-0.3, -0.25) is 4.98 Å². The van der Waals surface area contributed by atoms with E-state index in [4.69, 9.17) is 0 Å². The Balaban J connectivity index is 1.62. The van der Waals surface area contributed by atoms with Gasteiger partial charge in [0, 0.05) is 44.6 Å². The van der Waals surface area contributed by atoms with Crippen LogP contribution in [0.5, 0.6) is 0 Å². The molecule has 1 aromatic rings. The van der Waals surface area contributed by atoms with Crippen LogP contribution in [-0.2, 0) is 6.42 Å². The number of carbonyl (C=O) groups excluding carboxylic acids is 1. The van der Waals surface area contributed by atoms with E-state index in [0.29, 0.717) is 0 Å². The lowest BCUT2D eigenvalue weighted by Crippen LogP contribution is -2.50. The number of nitrogens with one attached hydrogen (secondary N) is 2. The molecular formula is C19H32N4O2. The fourth-order valence-corrected chi connectivity index (χ4v) is 2.87.